The number of aliphatic hydroxyl groups excluding tert-OH is 1. The topological polar surface area (TPSA) is 72.9 Å². The van der Waals surface area contributed by atoms with Gasteiger partial charge in [-0.05, 0) is 42.7 Å². The van der Waals surface area contributed by atoms with E-state index in [1.165, 1.54) is 18.2 Å². The second-order valence-electron chi connectivity index (χ2n) is 8.33. The van der Waals surface area contributed by atoms with E-state index in [4.69, 9.17) is 0 Å². The maximum absolute atomic E-state index is 13.5. The Kier molecular flexibility index (Phi) is 4.70. The SMILES string of the molecule is O=C(C1CCC1)N1C[C@@H]2[C@H](c3ccccc31)[C@H](CO)N2C(=O)Nc1cccc(F)c1. The van der Waals surface area contributed by atoms with Crippen molar-refractivity contribution in [2.45, 2.75) is 37.3 Å². The summed E-state index contributed by atoms with van der Waals surface area (Å²) in [6, 6.07) is 12.5. The average Bonchev–Trinajstić information content (AvgIpc) is 2.67. The molecular weight excluding hydrogens is 385 g/mol. The largest absolute Gasteiger partial charge is 0.394 e. The zero-order valence-electron chi connectivity index (χ0n) is 16.5. The van der Waals surface area contributed by atoms with E-state index in [1.54, 1.807) is 11.0 Å². The van der Waals surface area contributed by atoms with Gasteiger partial charge < -0.3 is 20.2 Å². The lowest BCUT2D eigenvalue weighted by molar-refractivity contribution is -0.125. The van der Waals surface area contributed by atoms with Crippen LogP contribution >= 0.6 is 0 Å². The van der Waals surface area contributed by atoms with Crippen LogP contribution in [0.15, 0.2) is 48.5 Å². The molecule has 2 aromatic carbocycles. The van der Waals surface area contributed by atoms with Gasteiger partial charge in [-0.25, -0.2) is 9.18 Å². The van der Waals surface area contributed by atoms with Crippen LogP contribution in [0, 0.1) is 11.7 Å². The monoisotopic (exact) mass is 409 g/mol. The molecule has 0 unspecified atom stereocenters. The van der Waals surface area contributed by atoms with Gasteiger partial charge in [0.2, 0.25) is 5.91 Å². The third kappa shape index (κ3) is 2.96. The minimum absolute atomic E-state index is 0.0325. The Morgan fingerprint density at radius 3 is 2.63 bits per heavy atom. The van der Waals surface area contributed by atoms with Gasteiger partial charge in [0.05, 0.1) is 18.7 Å². The summed E-state index contributed by atoms with van der Waals surface area (Å²) in [4.78, 5) is 29.5. The number of rotatable bonds is 3. The number of carbonyl (C=O) groups is 2. The summed E-state index contributed by atoms with van der Waals surface area (Å²) in [5, 5.41) is 12.8. The minimum atomic E-state index is -0.433. The fourth-order valence-corrected chi connectivity index (χ4v) is 5.00. The summed E-state index contributed by atoms with van der Waals surface area (Å²) in [6.45, 7) is 0.229. The molecule has 2 aromatic rings. The number of halogens is 1. The van der Waals surface area contributed by atoms with Crippen LogP contribution < -0.4 is 10.2 Å². The van der Waals surface area contributed by atoms with Gasteiger partial charge in [-0.15, -0.1) is 0 Å². The number of nitrogens with one attached hydrogen (secondary N) is 1. The number of benzene rings is 2. The van der Waals surface area contributed by atoms with Gasteiger partial charge in [0.1, 0.15) is 5.82 Å². The number of anilines is 2. The molecule has 156 valence electrons. The van der Waals surface area contributed by atoms with Gasteiger partial charge in [0.25, 0.3) is 0 Å². The molecule has 1 saturated heterocycles. The Bertz CT molecular complexity index is 993. The van der Waals surface area contributed by atoms with Crippen molar-refractivity contribution in [3.05, 3.63) is 59.9 Å². The molecular formula is C23H24FN3O3. The standard InChI is InChI=1S/C23H24FN3O3/c24-15-7-4-8-16(11-15)25-23(30)27-19-12-26(22(29)14-5-3-6-14)18-10-2-1-9-17(18)21(19)20(27)13-28/h1-2,4,7-11,14,19-21,28H,3,5-6,12-13H2,(H,25,30)/t19-,20+,21+/m1/s1. The Hall–Kier alpha value is -2.93. The highest BCUT2D eigenvalue weighted by atomic mass is 19.1. The number of urea groups is 1. The van der Waals surface area contributed by atoms with E-state index in [9.17, 15) is 19.1 Å². The van der Waals surface area contributed by atoms with Gasteiger partial charge in [0, 0.05) is 29.8 Å². The molecule has 3 amide bonds. The molecule has 7 heteroatoms. The number of carbonyl (C=O) groups excluding carboxylic acids is 2. The van der Waals surface area contributed by atoms with Crippen molar-refractivity contribution < 1.29 is 19.1 Å². The third-order valence-corrected chi connectivity index (χ3v) is 6.72. The molecule has 30 heavy (non-hydrogen) atoms. The van der Waals surface area contributed by atoms with E-state index in [0.29, 0.717) is 12.2 Å². The quantitative estimate of drug-likeness (QED) is 0.817. The zero-order valence-corrected chi connectivity index (χ0v) is 16.5. The van der Waals surface area contributed by atoms with E-state index >= 15 is 0 Å². The predicted octanol–water partition coefficient (Wildman–Crippen LogP) is 3.33. The molecule has 0 bridgehead atoms. The summed E-state index contributed by atoms with van der Waals surface area (Å²) in [5.74, 6) is -0.297. The Balaban J connectivity index is 1.44. The molecule has 2 fully saturated rings. The molecule has 3 atom stereocenters. The highest BCUT2D eigenvalue weighted by Crippen LogP contribution is 2.49. The Morgan fingerprint density at radius 2 is 1.93 bits per heavy atom. The van der Waals surface area contributed by atoms with E-state index in [1.807, 2.05) is 29.2 Å². The first-order valence-corrected chi connectivity index (χ1v) is 10.4. The second-order valence-corrected chi connectivity index (χ2v) is 8.33. The number of fused-ring (bicyclic) bond motifs is 3. The van der Waals surface area contributed by atoms with Crippen LogP contribution in [0.25, 0.3) is 0 Å². The lowest BCUT2D eigenvalue weighted by atomic mass is 9.71. The molecule has 2 N–H and O–H groups in total. The summed E-state index contributed by atoms with van der Waals surface area (Å²) in [5.41, 5.74) is 2.24. The van der Waals surface area contributed by atoms with Gasteiger partial charge in [0.15, 0.2) is 0 Å². The molecule has 1 saturated carbocycles. The van der Waals surface area contributed by atoms with Crippen molar-refractivity contribution in [1.29, 1.82) is 0 Å². The van der Waals surface area contributed by atoms with Crippen LogP contribution in [0.1, 0.15) is 30.7 Å². The van der Waals surface area contributed by atoms with Crippen LogP contribution in [0.2, 0.25) is 0 Å². The summed E-state index contributed by atoms with van der Waals surface area (Å²) >= 11 is 0. The fourth-order valence-electron chi connectivity index (χ4n) is 5.00. The van der Waals surface area contributed by atoms with Gasteiger partial charge in [-0.1, -0.05) is 30.7 Å². The van der Waals surface area contributed by atoms with Crippen molar-refractivity contribution >= 4 is 23.3 Å². The molecule has 3 aliphatic rings. The van der Waals surface area contributed by atoms with Crippen molar-refractivity contribution in [1.82, 2.24) is 4.90 Å². The molecule has 0 spiro atoms. The van der Waals surface area contributed by atoms with Crippen LogP contribution in [-0.4, -0.2) is 47.2 Å². The van der Waals surface area contributed by atoms with Crippen molar-refractivity contribution in [3.8, 4) is 0 Å². The van der Waals surface area contributed by atoms with E-state index < -0.39 is 11.8 Å². The van der Waals surface area contributed by atoms with Crippen molar-refractivity contribution in [2.75, 3.05) is 23.4 Å². The highest BCUT2D eigenvalue weighted by Gasteiger charge is 2.55. The number of hydrogen-bond acceptors (Lipinski definition) is 3. The maximum atomic E-state index is 13.5. The van der Waals surface area contributed by atoms with Gasteiger partial charge >= 0.3 is 6.03 Å². The predicted molar refractivity (Wildman–Crippen MR) is 111 cm³/mol. The van der Waals surface area contributed by atoms with Crippen LogP contribution in [-0.2, 0) is 4.79 Å². The number of para-hydroxylation sites is 1. The maximum Gasteiger partial charge on any atom is 0.322 e. The summed E-state index contributed by atoms with van der Waals surface area (Å²) < 4.78 is 13.5. The minimum Gasteiger partial charge on any atom is -0.394 e. The number of nitrogens with zero attached hydrogens (tertiary/aromatic N) is 2. The first kappa shape index (κ1) is 19.1. The summed E-state index contributed by atoms with van der Waals surface area (Å²) in [6.07, 6.45) is 2.90. The molecule has 6 nitrogen and oxygen atoms in total. The lowest BCUT2D eigenvalue weighted by Gasteiger charge is -2.58. The molecule has 5 rings (SSSR count). The third-order valence-electron chi connectivity index (χ3n) is 6.72. The highest BCUT2D eigenvalue weighted by molar-refractivity contribution is 5.98. The molecule has 2 heterocycles. The number of aliphatic hydroxyl groups is 1. The fraction of sp³-hybridized carbons (Fsp3) is 0.391. The van der Waals surface area contributed by atoms with E-state index in [-0.39, 0.29) is 36.4 Å². The Morgan fingerprint density at radius 1 is 1.13 bits per heavy atom. The van der Waals surface area contributed by atoms with Crippen molar-refractivity contribution in [2.24, 2.45) is 5.92 Å². The number of amides is 3. The van der Waals surface area contributed by atoms with Gasteiger partial charge in [-0.3, -0.25) is 4.79 Å². The zero-order chi connectivity index (χ0) is 20.8. The first-order valence-electron chi connectivity index (χ1n) is 10.4. The summed E-state index contributed by atoms with van der Waals surface area (Å²) in [7, 11) is 0. The van der Waals surface area contributed by atoms with Crippen molar-refractivity contribution in [3.63, 3.8) is 0 Å². The van der Waals surface area contributed by atoms with Crippen LogP contribution in [0.5, 0.6) is 0 Å². The molecule has 0 radical (unpaired) electrons. The Labute approximate surface area is 174 Å². The van der Waals surface area contributed by atoms with Crippen LogP contribution in [0.4, 0.5) is 20.6 Å². The molecule has 2 aliphatic heterocycles. The number of likely N-dealkylation sites (tertiary alicyclic amines) is 1. The normalized spacial score (nSPS) is 24.9. The average molecular weight is 409 g/mol. The van der Waals surface area contributed by atoms with Crippen LogP contribution in [0.3, 0.4) is 0 Å². The molecule has 1 aliphatic carbocycles. The van der Waals surface area contributed by atoms with E-state index in [2.05, 4.69) is 5.32 Å². The molecule has 0 aromatic heterocycles. The first-order chi connectivity index (χ1) is 14.6. The van der Waals surface area contributed by atoms with E-state index in [0.717, 1.165) is 30.5 Å². The second kappa shape index (κ2) is 7.40. The number of hydrogen-bond donors (Lipinski definition) is 2. The van der Waals surface area contributed by atoms with Gasteiger partial charge in [-0.2, -0.15) is 0 Å². The lowest BCUT2D eigenvalue weighted by Crippen LogP contribution is -2.71. The smallest absolute Gasteiger partial charge is 0.322 e.